The van der Waals surface area contributed by atoms with Crippen LogP contribution < -0.4 is 9.47 Å². The number of likely N-dealkylation sites (tertiary alicyclic amines) is 1. The molecule has 1 aliphatic rings. The number of carbonyl (C=O) groups excluding carboxylic acids is 1. The van der Waals surface area contributed by atoms with E-state index in [9.17, 15) is 4.79 Å². The van der Waals surface area contributed by atoms with Crippen molar-refractivity contribution in [2.75, 3.05) is 20.2 Å². The molecule has 0 saturated carbocycles. The first kappa shape index (κ1) is 20.7. The SMILES string of the molecule is COc1ccc(CC(=O)N2CCC(Oc3nc4c(C)ccc(C)c4s3)CC2)cc1C. The Morgan fingerprint density at radius 1 is 1.10 bits per heavy atom. The molecule has 0 radical (unpaired) electrons. The van der Waals surface area contributed by atoms with Gasteiger partial charge in [-0.05, 0) is 49.1 Å². The highest BCUT2D eigenvalue weighted by molar-refractivity contribution is 7.20. The second-order valence-electron chi connectivity index (χ2n) is 8.04. The Morgan fingerprint density at radius 3 is 2.50 bits per heavy atom. The fourth-order valence-corrected chi connectivity index (χ4v) is 5.02. The molecule has 1 aromatic heterocycles. The molecule has 2 heterocycles. The van der Waals surface area contributed by atoms with Crippen LogP contribution in [0.1, 0.15) is 35.1 Å². The Balaban J connectivity index is 1.33. The minimum absolute atomic E-state index is 0.110. The van der Waals surface area contributed by atoms with Crippen LogP contribution in [0.15, 0.2) is 30.3 Å². The highest BCUT2D eigenvalue weighted by Gasteiger charge is 2.25. The predicted octanol–water partition coefficient (Wildman–Crippen LogP) is 4.84. The van der Waals surface area contributed by atoms with E-state index in [4.69, 9.17) is 14.5 Å². The molecule has 6 heteroatoms. The summed E-state index contributed by atoms with van der Waals surface area (Å²) >= 11 is 1.62. The van der Waals surface area contributed by atoms with Crippen LogP contribution in [-0.2, 0) is 11.2 Å². The van der Waals surface area contributed by atoms with E-state index < -0.39 is 0 Å². The first-order chi connectivity index (χ1) is 14.4. The summed E-state index contributed by atoms with van der Waals surface area (Å²) in [6.07, 6.45) is 2.20. The van der Waals surface area contributed by atoms with E-state index in [0.717, 1.165) is 53.5 Å². The third kappa shape index (κ3) is 4.29. The number of hydrogen-bond acceptors (Lipinski definition) is 5. The number of nitrogens with zero attached hydrogens (tertiary/aromatic N) is 2. The van der Waals surface area contributed by atoms with Crippen molar-refractivity contribution in [3.8, 4) is 10.9 Å². The molecule has 5 nitrogen and oxygen atoms in total. The van der Waals surface area contributed by atoms with Crippen LogP contribution in [0.2, 0.25) is 0 Å². The number of methoxy groups -OCH3 is 1. The van der Waals surface area contributed by atoms with Crippen molar-refractivity contribution in [3.63, 3.8) is 0 Å². The first-order valence-corrected chi connectivity index (χ1v) is 11.2. The van der Waals surface area contributed by atoms with Gasteiger partial charge in [-0.25, -0.2) is 4.98 Å². The molecule has 158 valence electrons. The maximum Gasteiger partial charge on any atom is 0.274 e. The molecule has 0 spiro atoms. The van der Waals surface area contributed by atoms with E-state index in [0.29, 0.717) is 6.42 Å². The molecule has 0 unspecified atom stereocenters. The number of benzene rings is 2. The molecule has 0 N–H and O–H groups in total. The van der Waals surface area contributed by atoms with E-state index in [1.807, 2.05) is 30.0 Å². The fraction of sp³-hybridized carbons (Fsp3) is 0.417. The van der Waals surface area contributed by atoms with Crippen LogP contribution in [0, 0.1) is 20.8 Å². The van der Waals surface area contributed by atoms with Gasteiger partial charge in [0, 0.05) is 25.9 Å². The number of ether oxygens (including phenoxy) is 2. The zero-order chi connectivity index (χ0) is 21.3. The number of rotatable bonds is 5. The van der Waals surface area contributed by atoms with Crippen molar-refractivity contribution in [1.82, 2.24) is 9.88 Å². The number of hydrogen-bond donors (Lipinski definition) is 0. The fourth-order valence-electron chi connectivity index (χ4n) is 3.99. The number of amides is 1. The largest absolute Gasteiger partial charge is 0.496 e. The van der Waals surface area contributed by atoms with E-state index in [-0.39, 0.29) is 12.0 Å². The molecular formula is C24H28N2O3S. The second-order valence-corrected chi connectivity index (χ2v) is 9.00. The molecular weight excluding hydrogens is 396 g/mol. The van der Waals surface area contributed by atoms with Crippen molar-refractivity contribution >= 4 is 27.5 Å². The van der Waals surface area contributed by atoms with Crippen LogP contribution in [0.25, 0.3) is 10.2 Å². The normalized spacial score (nSPS) is 14.9. The van der Waals surface area contributed by atoms with Crippen LogP contribution in [0.4, 0.5) is 0 Å². The van der Waals surface area contributed by atoms with Gasteiger partial charge in [-0.3, -0.25) is 4.79 Å². The van der Waals surface area contributed by atoms with Gasteiger partial charge < -0.3 is 14.4 Å². The number of thiazole rings is 1. The average molecular weight is 425 g/mol. The van der Waals surface area contributed by atoms with Gasteiger partial charge >= 0.3 is 0 Å². The quantitative estimate of drug-likeness (QED) is 0.588. The van der Waals surface area contributed by atoms with Gasteiger partial charge in [-0.2, -0.15) is 0 Å². The predicted molar refractivity (Wildman–Crippen MR) is 121 cm³/mol. The zero-order valence-electron chi connectivity index (χ0n) is 18.0. The number of carbonyl (C=O) groups is 1. The van der Waals surface area contributed by atoms with Crippen LogP contribution in [-0.4, -0.2) is 42.1 Å². The number of fused-ring (bicyclic) bond motifs is 1. The average Bonchev–Trinajstić information content (AvgIpc) is 3.16. The summed E-state index contributed by atoms with van der Waals surface area (Å²) in [7, 11) is 1.66. The highest BCUT2D eigenvalue weighted by Crippen LogP contribution is 2.33. The van der Waals surface area contributed by atoms with Crippen molar-refractivity contribution in [3.05, 3.63) is 52.6 Å². The lowest BCUT2D eigenvalue weighted by Crippen LogP contribution is -2.42. The van der Waals surface area contributed by atoms with E-state index in [1.165, 1.54) is 15.8 Å². The van der Waals surface area contributed by atoms with Crippen LogP contribution in [0.5, 0.6) is 10.9 Å². The minimum atomic E-state index is 0.110. The molecule has 0 atom stereocenters. The Kier molecular flexibility index (Phi) is 5.95. The maximum atomic E-state index is 12.7. The lowest BCUT2D eigenvalue weighted by atomic mass is 10.0. The molecule has 1 saturated heterocycles. The summed E-state index contributed by atoms with van der Waals surface area (Å²) in [5.74, 6) is 1.02. The van der Waals surface area contributed by atoms with Gasteiger partial charge in [-0.15, -0.1) is 0 Å². The molecule has 0 aliphatic carbocycles. The van der Waals surface area contributed by atoms with E-state index >= 15 is 0 Å². The van der Waals surface area contributed by atoms with Gasteiger partial charge in [0.15, 0.2) is 0 Å². The summed E-state index contributed by atoms with van der Waals surface area (Å²) < 4.78 is 12.7. The number of aryl methyl sites for hydroxylation is 3. The monoisotopic (exact) mass is 424 g/mol. The van der Waals surface area contributed by atoms with E-state index in [2.05, 4.69) is 26.0 Å². The van der Waals surface area contributed by atoms with Crippen LogP contribution >= 0.6 is 11.3 Å². The molecule has 2 aromatic carbocycles. The highest BCUT2D eigenvalue weighted by atomic mass is 32.1. The van der Waals surface area contributed by atoms with Gasteiger partial charge in [0.2, 0.25) is 5.91 Å². The maximum absolute atomic E-state index is 12.7. The molecule has 1 fully saturated rings. The van der Waals surface area contributed by atoms with Gasteiger partial charge in [0.05, 0.1) is 23.7 Å². The third-order valence-corrected chi connectivity index (χ3v) is 6.88. The molecule has 0 bridgehead atoms. The summed E-state index contributed by atoms with van der Waals surface area (Å²) in [5, 5.41) is 0.737. The molecule has 4 rings (SSSR count). The topological polar surface area (TPSA) is 51.7 Å². The molecule has 30 heavy (non-hydrogen) atoms. The Bertz CT molecular complexity index is 1030. The van der Waals surface area contributed by atoms with Crippen LogP contribution in [0.3, 0.4) is 0 Å². The molecule has 1 amide bonds. The van der Waals surface area contributed by atoms with E-state index in [1.54, 1.807) is 18.4 Å². The Labute approximate surface area is 181 Å². The second kappa shape index (κ2) is 8.64. The van der Waals surface area contributed by atoms with Gasteiger partial charge in [0.25, 0.3) is 5.19 Å². The Morgan fingerprint density at radius 2 is 1.83 bits per heavy atom. The summed E-state index contributed by atoms with van der Waals surface area (Å²) in [5.41, 5.74) is 5.53. The Hall–Kier alpha value is -2.60. The first-order valence-electron chi connectivity index (χ1n) is 10.4. The summed E-state index contributed by atoms with van der Waals surface area (Å²) in [6.45, 7) is 7.64. The molecule has 3 aromatic rings. The zero-order valence-corrected chi connectivity index (χ0v) is 18.8. The smallest absolute Gasteiger partial charge is 0.274 e. The summed E-state index contributed by atoms with van der Waals surface area (Å²) in [6, 6.07) is 10.2. The van der Waals surface area contributed by atoms with Gasteiger partial charge in [0.1, 0.15) is 11.9 Å². The lowest BCUT2D eigenvalue weighted by Gasteiger charge is -2.31. The van der Waals surface area contributed by atoms with Crippen molar-refractivity contribution in [1.29, 1.82) is 0 Å². The van der Waals surface area contributed by atoms with Crippen molar-refractivity contribution in [2.24, 2.45) is 0 Å². The number of aromatic nitrogens is 1. The lowest BCUT2D eigenvalue weighted by molar-refractivity contribution is -0.132. The third-order valence-electron chi connectivity index (χ3n) is 5.80. The van der Waals surface area contributed by atoms with Gasteiger partial charge in [-0.1, -0.05) is 35.6 Å². The van der Waals surface area contributed by atoms with Crippen molar-refractivity contribution in [2.45, 2.75) is 46.1 Å². The van der Waals surface area contributed by atoms with Crippen molar-refractivity contribution < 1.29 is 14.3 Å². The number of piperidine rings is 1. The minimum Gasteiger partial charge on any atom is -0.496 e. The standard InChI is InChI=1S/C24H28N2O3S/c1-15-5-6-16(2)23-22(15)25-24(30-23)29-19-9-11-26(12-10-19)21(27)14-18-7-8-20(28-4)17(3)13-18/h5-8,13,19H,9-12,14H2,1-4H3. The summed E-state index contributed by atoms with van der Waals surface area (Å²) in [4.78, 5) is 19.4. The molecule has 1 aliphatic heterocycles.